The van der Waals surface area contributed by atoms with Crippen molar-refractivity contribution in [2.75, 3.05) is 74.3 Å². The first-order valence-corrected chi connectivity index (χ1v) is 13.7. The van der Waals surface area contributed by atoms with Gasteiger partial charge in [-0.15, -0.1) is 0 Å². The molecule has 0 radical (unpaired) electrons. The molecule has 0 atom stereocenters. The van der Waals surface area contributed by atoms with Crippen LogP contribution in [0.1, 0.15) is 30.7 Å². The number of imide groups is 1. The van der Waals surface area contributed by atoms with Gasteiger partial charge in [-0.05, 0) is 44.0 Å². The van der Waals surface area contributed by atoms with Crippen LogP contribution in [0.15, 0.2) is 17.0 Å². The summed E-state index contributed by atoms with van der Waals surface area (Å²) in [5.74, 6) is 2.23. The lowest BCUT2D eigenvalue weighted by Gasteiger charge is -2.25. The minimum absolute atomic E-state index is 0.289. The second-order valence-corrected chi connectivity index (χ2v) is 10.3. The first-order chi connectivity index (χ1) is 18.5. The zero-order valence-electron chi connectivity index (χ0n) is 21.7. The number of hydrogen-bond acceptors (Lipinski definition) is 12. The maximum absolute atomic E-state index is 12.1. The number of rotatable bonds is 8. The minimum Gasteiger partial charge on any atom is -0.475 e. The predicted molar refractivity (Wildman–Crippen MR) is 146 cm³/mol. The van der Waals surface area contributed by atoms with Gasteiger partial charge in [-0.1, -0.05) is 0 Å². The summed E-state index contributed by atoms with van der Waals surface area (Å²) in [5.41, 5.74) is 1.46. The monoisotopic (exact) mass is 540 g/mol. The number of aryl methyl sites for hydroxylation is 1. The molecule has 5 rings (SSSR count). The van der Waals surface area contributed by atoms with Crippen molar-refractivity contribution in [3.05, 3.63) is 28.4 Å². The number of hydrogen-bond donors (Lipinski definition) is 1. The van der Waals surface area contributed by atoms with Crippen LogP contribution < -0.4 is 24.8 Å². The topological polar surface area (TPSA) is 126 Å². The number of amides is 2. The Labute approximate surface area is 225 Å². The number of methoxy groups -OCH3 is 1. The number of carbonyl (C=O) groups is 2. The van der Waals surface area contributed by atoms with Crippen LogP contribution in [0.2, 0.25) is 0 Å². The van der Waals surface area contributed by atoms with Crippen LogP contribution in [0, 0.1) is 6.92 Å². The van der Waals surface area contributed by atoms with E-state index in [1.54, 1.807) is 19.3 Å². The highest BCUT2D eigenvalue weighted by Gasteiger charge is 2.26. The number of aromatic nitrogens is 4. The van der Waals surface area contributed by atoms with Crippen molar-refractivity contribution < 1.29 is 19.1 Å². The molecule has 0 spiro atoms. The number of nitrogens with zero attached hydrogens (tertiary/aromatic N) is 7. The average Bonchev–Trinajstić information content (AvgIpc) is 3.46. The number of anilines is 3. The highest BCUT2D eigenvalue weighted by Crippen LogP contribution is 2.27. The third kappa shape index (κ3) is 6.33. The zero-order chi connectivity index (χ0) is 26.5. The second kappa shape index (κ2) is 11.9. The standard InChI is InChI=1S/C25H32N8O4S/c1-17-14-20(28-23(26-17)32-6-3-4-7-32)31-8-5-9-33(11-10-31)24-27-18(15-19-22(34)30-25(35)38-19)16-21(29-24)37-13-12-36-2/h14-16H,3-13H2,1-2H3,(H,30,34,35)/b19-15-. The van der Waals surface area contributed by atoms with Crippen LogP contribution in [-0.4, -0.2) is 90.7 Å². The van der Waals surface area contributed by atoms with E-state index in [9.17, 15) is 9.59 Å². The van der Waals surface area contributed by atoms with E-state index < -0.39 is 11.1 Å². The molecule has 0 saturated carbocycles. The number of ether oxygens (including phenoxy) is 2. The SMILES string of the molecule is COCCOc1cc(/C=C2\SC(=O)NC2=O)nc(N2CCCN(c3cc(C)nc(N4CCCC4)n3)CC2)n1. The van der Waals surface area contributed by atoms with Gasteiger partial charge in [0.15, 0.2) is 0 Å². The predicted octanol–water partition coefficient (Wildman–Crippen LogP) is 2.24. The largest absolute Gasteiger partial charge is 0.475 e. The fraction of sp³-hybridized carbons (Fsp3) is 0.520. The van der Waals surface area contributed by atoms with Gasteiger partial charge < -0.3 is 24.2 Å². The third-order valence-corrected chi connectivity index (χ3v) is 7.30. The van der Waals surface area contributed by atoms with Gasteiger partial charge in [-0.3, -0.25) is 14.9 Å². The molecule has 5 heterocycles. The average molecular weight is 541 g/mol. The van der Waals surface area contributed by atoms with E-state index in [1.807, 2.05) is 13.0 Å². The molecule has 2 aromatic rings. The fourth-order valence-corrected chi connectivity index (χ4v) is 5.27. The lowest BCUT2D eigenvalue weighted by molar-refractivity contribution is -0.115. The molecule has 0 unspecified atom stereocenters. The molecule has 0 aromatic carbocycles. The van der Waals surface area contributed by atoms with Crippen molar-refractivity contribution >= 4 is 46.7 Å². The zero-order valence-corrected chi connectivity index (χ0v) is 22.5. The lowest BCUT2D eigenvalue weighted by Crippen LogP contribution is -2.32. The van der Waals surface area contributed by atoms with Crippen molar-refractivity contribution in [3.63, 3.8) is 0 Å². The number of carbonyl (C=O) groups excluding carboxylic acids is 2. The molecule has 38 heavy (non-hydrogen) atoms. The highest BCUT2D eigenvalue weighted by atomic mass is 32.2. The van der Waals surface area contributed by atoms with Crippen molar-refractivity contribution in [2.24, 2.45) is 0 Å². The van der Waals surface area contributed by atoms with Gasteiger partial charge >= 0.3 is 0 Å². The molecule has 0 aliphatic carbocycles. The smallest absolute Gasteiger partial charge is 0.290 e. The summed E-state index contributed by atoms with van der Waals surface area (Å²) in [6.45, 7) is 7.81. The summed E-state index contributed by atoms with van der Waals surface area (Å²) < 4.78 is 10.9. The first-order valence-electron chi connectivity index (χ1n) is 12.8. The molecule has 2 amide bonds. The Hall–Kier alpha value is -3.45. The molecule has 0 bridgehead atoms. The van der Waals surface area contributed by atoms with E-state index in [0.717, 1.165) is 68.4 Å². The van der Waals surface area contributed by atoms with Crippen LogP contribution >= 0.6 is 11.8 Å². The third-order valence-electron chi connectivity index (χ3n) is 6.49. The molecule has 1 N–H and O–H groups in total. The van der Waals surface area contributed by atoms with Crippen molar-refractivity contribution in [3.8, 4) is 5.88 Å². The van der Waals surface area contributed by atoms with E-state index in [-0.39, 0.29) is 4.91 Å². The molecular formula is C25H32N8O4S. The Morgan fingerprint density at radius 3 is 2.37 bits per heavy atom. The second-order valence-electron chi connectivity index (χ2n) is 9.31. The van der Waals surface area contributed by atoms with Crippen LogP contribution in [0.5, 0.6) is 5.88 Å². The van der Waals surface area contributed by atoms with Crippen LogP contribution in [-0.2, 0) is 9.53 Å². The molecule has 12 nitrogen and oxygen atoms in total. The van der Waals surface area contributed by atoms with Crippen molar-refractivity contribution in [2.45, 2.75) is 26.2 Å². The maximum atomic E-state index is 12.1. The summed E-state index contributed by atoms with van der Waals surface area (Å²) in [6, 6.07) is 3.71. The molecular weight excluding hydrogens is 508 g/mol. The number of thioether (sulfide) groups is 1. The van der Waals surface area contributed by atoms with Crippen LogP contribution in [0.25, 0.3) is 6.08 Å². The summed E-state index contributed by atoms with van der Waals surface area (Å²) in [7, 11) is 1.60. The molecule has 13 heteroatoms. The van der Waals surface area contributed by atoms with Gasteiger partial charge in [-0.25, -0.2) is 9.97 Å². The normalized spacial score (nSPS) is 19.3. The van der Waals surface area contributed by atoms with Gasteiger partial charge in [-0.2, -0.15) is 9.97 Å². The highest BCUT2D eigenvalue weighted by molar-refractivity contribution is 8.18. The van der Waals surface area contributed by atoms with Gasteiger partial charge in [0.2, 0.25) is 17.8 Å². The van der Waals surface area contributed by atoms with Gasteiger partial charge in [0, 0.05) is 64.2 Å². The van der Waals surface area contributed by atoms with E-state index in [0.29, 0.717) is 37.3 Å². The van der Waals surface area contributed by atoms with E-state index in [1.165, 1.54) is 12.8 Å². The molecule has 2 aromatic heterocycles. The van der Waals surface area contributed by atoms with E-state index >= 15 is 0 Å². The van der Waals surface area contributed by atoms with Crippen molar-refractivity contribution in [1.29, 1.82) is 0 Å². The van der Waals surface area contributed by atoms with Crippen LogP contribution in [0.4, 0.5) is 22.5 Å². The van der Waals surface area contributed by atoms with Gasteiger partial charge in [0.1, 0.15) is 12.4 Å². The Kier molecular flexibility index (Phi) is 8.23. The molecule has 3 fully saturated rings. The lowest BCUT2D eigenvalue weighted by atomic mass is 10.3. The summed E-state index contributed by atoms with van der Waals surface area (Å²) >= 11 is 0.854. The van der Waals surface area contributed by atoms with Gasteiger partial charge in [0.25, 0.3) is 11.1 Å². The van der Waals surface area contributed by atoms with E-state index in [4.69, 9.17) is 19.4 Å². The van der Waals surface area contributed by atoms with E-state index in [2.05, 4.69) is 30.0 Å². The molecule has 202 valence electrons. The Morgan fingerprint density at radius 2 is 1.61 bits per heavy atom. The molecule has 3 aliphatic heterocycles. The number of nitrogens with one attached hydrogen (secondary N) is 1. The first kappa shape index (κ1) is 26.2. The molecule has 3 aliphatic rings. The maximum Gasteiger partial charge on any atom is 0.290 e. The Bertz CT molecular complexity index is 1220. The summed E-state index contributed by atoms with van der Waals surface area (Å²) in [4.78, 5) is 49.6. The quantitative estimate of drug-likeness (QED) is 0.390. The fourth-order valence-electron chi connectivity index (χ4n) is 4.61. The van der Waals surface area contributed by atoms with Crippen LogP contribution in [0.3, 0.4) is 0 Å². The summed E-state index contributed by atoms with van der Waals surface area (Å²) in [5, 5.41) is 1.88. The Morgan fingerprint density at radius 1 is 0.895 bits per heavy atom. The minimum atomic E-state index is -0.430. The summed E-state index contributed by atoms with van der Waals surface area (Å²) in [6.07, 6.45) is 4.84. The molecule has 3 saturated heterocycles. The Balaban J connectivity index is 1.35. The van der Waals surface area contributed by atoms with Crippen molar-refractivity contribution in [1.82, 2.24) is 25.3 Å². The van der Waals surface area contributed by atoms with Gasteiger partial charge in [0.05, 0.1) is 17.2 Å².